The summed E-state index contributed by atoms with van der Waals surface area (Å²) in [7, 11) is 0. The van der Waals surface area contributed by atoms with E-state index in [1.807, 2.05) is 0 Å². The monoisotopic (exact) mass is 262 g/mol. The third kappa shape index (κ3) is 4.09. The predicted octanol–water partition coefficient (Wildman–Crippen LogP) is -0.903. The molecule has 0 bridgehead atoms. The molecule has 0 aliphatic heterocycles. The van der Waals surface area contributed by atoms with E-state index in [1.165, 1.54) is 0 Å². The van der Waals surface area contributed by atoms with Crippen LogP contribution in [0.3, 0.4) is 0 Å². The Kier molecular flexibility index (Phi) is 5.88. The Hall–Kier alpha value is 0.471. The maximum Gasteiger partial charge on any atom is 1.00 e. The predicted molar refractivity (Wildman–Crippen MR) is 47.1 cm³/mol. The molecule has 1 N–H and O–H groups in total. The molecule has 1 rings (SSSR count). The fraction of sp³-hybridized carbons (Fsp3) is 0. The second-order valence-corrected chi connectivity index (χ2v) is 3.02. The number of carbonyl (C=O) groups is 1. The molecule has 0 aliphatic carbocycles. The molecule has 8 heteroatoms. The van der Waals surface area contributed by atoms with E-state index in [0.717, 1.165) is 12.1 Å². The molecule has 1 aromatic rings. The van der Waals surface area contributed by atoms with Gasteiger partial charge in [0.05, 0.1) is 5.56 Å². The Labute approximate surface area is 131 Å². The van der Waals surface area contributed by atoms with Gasteiger partial charge >= 0.3 is 64.3 Å². The van der Waals surface area contributed by atoms with Crippen LogP contribution >= 0.6 is 11.6 Å². The maximum atomic E-state index is 12.2. The van der Waals surface area contributed by atoms with Gasteiger partial charge in [0.15, 0.2) is 0 Å². The van der Waals surface area contributed by atoms with Crippen LogP contribution in [0.1, 0.15) is 10.4 Å². The molecular weight excluding hydrogens is 258 g/mol. The van der Waals surface area contributed by atoms with Gasteiger partial charge in [0.1, 0.15) is 0 Å². The topological polar surface area (TPSA) is 37.3 Å². The number of aromatic carboxylic acids is 1. The summed E-state index contributed by atoms with van der Waals surface area (Å²) >= 11 is 5.29. The van der Waals surface area contributed by atoms with Crippen molar-refractivity contribution in [3.8, 4) is 0 Å². The molecule has 0 heterocycles. The van der Waals surface area contributed by atoms with Gasteiger partial charge < -0.3 is 18.1 Å². The van der Waals surface area contributed by atoms with Gasteiger partial charge in [0, 0.05) is 5.02 Å². The molecule has 76 valence electrons. The molecule has 0 unspecified atom stereocenters. The molecule has 0 aromatic heterocycles. The van der Waals surface area contributed by atoms with Gasteiger partial charge in [-0.3, -0.25) is 0 Å². The fourth-order valence-corrected chi connectivity index (χ4v) is 1.23. The Bertz CT molecular complexity index is 383. The summed E-state index contributed by atoms with van der Waals surface area (Å²) in [5, 5.41) is 7.88. The summed E-state index contributed by atoms with van der Waals surface area (Å²) in [6, 6.07) is 2.33. The first-order valence-electron chi connectivity index (χ1n) is 3.55. The van der Waals surface area contributed by atoms with Gasteiger partial charge in [-0.05, 0) is 6.07 Å². The van der Waals surface area contributed by atoms with E-state index in [9.17, 15) is 17.7 Å². The minimum Gasteiger partial charge on any atom is -0.478 e. The minimum atomic E-state index is -5.19. The van der Waals surface area contributed by atoms with Gasteiger partial charge in [-0.25, -0.2) is 4.79 Å². The van der Waals surface area contributed by atoms with Crippen molar-refractivity contribution >= 4 is 30.0 Å². The maximum absolute atomic E-state index is 12.2. The van der Waals surface area contributed by atoms with Gasteiger partial charge in [-0.1, -0.05) is 29.2 Å². The van der Waals surface area contributed by atoms with Crippen LogP contribution in [0.2, 0.25) is 5.02 Å². The van der Waals surface area contributed by atoms with E-state index >= 15 is 0 Å². The number of halogens is 4. The summed E-state index contributed by atoms with van der Waals surface area (Å²) in [5.74, 6) is -1.31. The van der Waals surface area contributed by atoms with Crippen LogP contribution in [0.15, 0.2) is 18.2 Å². The standard InChI is InChI=1S/C7H4BClF3O2.K/c9-6-3-4(7(13)14)1-2-5(6)8(10,11)12;/h1-3H,(H,13,14);/q-1;+1. The van der Waals surface area contributed by atoms with Crippen molar-refractivity contribution in [2.24, 2.45) is 0 Å². The largest absolute Gasteiger partial charge is 1.00 e. The van der Waals surface area contributed by atoms with Crippen molar-refractivity contribution in [1.29, 1.82) is 0 Å². The first kappa shape index (κ1) is 15.5. The summed E-state index contributed by atoms with van der Waals surface area (Å²) in [5.41, 5.74) is -1.24. The van der Waals surface area contributed by atoms with Crippen molar-refractivity contribution in [2.75, 3.05) is 0 Å². The molecule has 1 aromatic carbocycles. The number of rotatable bonds is 2. The molecular formula is C7H4BClF3KO2. The molecule has 15 heavy (non-hydrogen) atoms. The van der Waals surface area contributed by atoms with Gasteiger partial charge in [-0.15, -0.1) is 0 Å². The normalized spacial score (nSPS) is 10.7. The van der Waals surface area contributed by atoms with Crippen molar-refractivity contribution in [3.05, 3.63) is 28.8 Å². The van der Waals surface area contributed by atoms with E-state index in [2.05, 4.69) is 0 Å². The van der Waals surface area contributed by atoms with Crippen molar-refractivity contribution < 1.29 is 74.2 Å². The molecule has 0 atom stereocenters. The average molecular weight is 262 g/mol. The smallest absolute Gasteiger partial charge is 0.478 e. The quantitative estimate of drug-likeness (QED) is 0.701. The number of hydrogen-bond donors (Lipinski definition) is 1. The van der Waals surface area contributed by atoms with E-state index in [-0.39, 0.29) is 56.9 Å². The summed E-state index contributed by atoms with van der Waals surface area (Å²) < 4.78 is 36.6. The zero-order chi connectivity index (χ0) is 10.9. The molecule has 0 fully saturated rings. The third-order valence-electron chi connectivity index (χ3n) is 1.60. The van der Waals surface area contributed by atoms with Crippen LogP contribution in [-0.4, -0.2) is 18.1 Å². The Morgan fingerprint density at radius 1 is 1.33 bits per heavy atom. The third-order valence-corrected chi connectivity index (χ3v) is 1.93. The summed E-state index contributed by atoms with van der Waals surface area (Å²) in [6.07, 6.45) is 0. The summed E-state index contributed by atoms with van der Waals surface area (Å²) in [4.78, 5) is 10.4. The zero-order valence-electron chi connectivity index (χ0n) is 7.68. The van der Waals surface area contributed by atoms with Crippen molar-refractivity contribution in [3.63, 3.8) is 0 Å². The van der Waals surface area contributed by atoms with Crippen LogP contribution in [0.5, 0.6) is 0 Å². The molecule has 0 spiro atoms. The second kappa shape index (κ2) is 5.70. The Morgan fingerprint density at radius 3 is 2.20 bits per heavy atom. The minimum absolute atomic E-state index is 0. The average Bonchev–Trinajstić information content (AvgIpc) is 2.01. The van der Waals surface area contributed by atoms with E-state index < -0.39 is 23.4 Å². The zero-order valence-corrected chi connectivity index (χ0v) is 11.6. The van der Waals surface area contributed by atoms with E-state index in [0.29, 0.717) is 6.07 Å². The van der Waals surface area contributed by atoms with Crippen molar-refractivity contribution in [2.45, 2.75) is 0 Å². The molecule has 0 amide bonds. The Morgan fingerprint density at radius 2 is 1.87 bits per heavy atom. The fourth-order valence-electron chi connectivity index (χ4n) is 0.926. The van der Waals surface area contributed by atoms with Crippen LogP contribution in [0.25, 0.3) is 0 Å². The molecule has 0 saturated heterocycles. The van der Waals surface area contributed by atoms with Gasteiger partial charge in [0.2, 0.25) is 0 Å². The SMILES string of the molecule is O=C(O)c1ccc([B-](F)(F)F)c(Cl)c1.[K+]. The molecule has 2 nitrogen and oxygen atoms in total. The molecule has 0 saturated carbocycles. The van der Waals surface area contributed by atoms with Crippen LogP contribution in [0.4, 0.5) is 12.9 Å². The number of carboxylic acid groups (broad SMARTS) is 1. The number of carboxylic acids is 1. The number of hydrogen-bond acceptors (Lipinski definition) is 1. The van der Waals surface area contributed by atoms with Crippen LogP contribution in [0, 0.1) is 0 Å². The number of benzene rings is 1. The second-order valence-electron chi connectivity index (χ2n) is 2.62. The molecule has 0 radical (unpaired) electrons. The van der Waals surface area contributed by atoms with Crippen LogP contribution in [-0.2, 0) is 0 Å². The Balaban J connectivity index is 0.00000196. The first-order chi connectivity index (χ1) is 6.32. The van der Waals surface area contributed by atoms with Gasteiger partial charge in [-0.2, -0.15) is 0 Å². The van der Waals surface area contributed by atoms with E-state index in [4.69, 9.17) is 16.7 Å². The summed E-state index contributed by atoms with van der Waals surface area (Å²) in [6.45, 7) is -5.19. The van der Waals surface area contributed by atoms with Crippen LogP contribution < -0.4 is 56.8 Å². The first-order valence-corrected chi connectivity index (χ1v) is 3.93. The molecule has 0 aliphatic rings. The van der Waals surface area contributed by atoms with E-state index in [1.54, 1.807) is 0 Å². The van der Waals surface area contributed by atoms with Crippen molar-refractivity contribution in [1.82, 2.24) is 0 Å². The van der Waals surface area contributed by atoms with Gasteiger partial charge in [0.25, 0.3) is 0 Å².